The average Bonchev–Trinajstić information content (AvgIpc) is 2.87. The number of carbonyl (C=O) groups excluding carboxylic acids is 1. The lowest BCUT2D eigenvalue weighted by Gasteiger charge is -2.36. The van der Waals surface area contributed by atoms with E-state index in [-0.39, 0.29) is 12.0 Å². The molecule has 4 heteroatoms. The Morgan fingerprint density at radius 1 is 1.32 bits per heavy atom. The number of carbonyl (C=O) groups is 1. The Labute approximate surface area is 116 Å². The van der Waals surface area contributed by atoms with Gasteiger partial charge in [0.05, 0.1) is 18.6 Å². The van der Waals surface area contributed by atoms with E-state index in [1.54, 1.807) is 0 Å². The Balaban J connectivity index is 1.96. The van der Waals surface area contributed by atoms with Crippen LogP contribution in [0.25, 0.3) is 0 Å². The molecule has 2 unspecified atom stereocenters. The van der Waals surface area contributed by atoms with Crippen molar-refractivity contribution in [1.29, 1.82) is 0 Å². The van der Waals surface area contributed by atoms with Crippen molar-refractivity contribution in [3.05, 3.63) is 0 Å². The van der Waals surface area contributed by atoms with Crippen molar-refractivity contribution in [3.8, 4) is 0 Å². The number of nitrogens with zero attached hydrogens (tertiary/aromatic N) is 1. The van der Waals surface area contributed by atoms with Crippen LogP contribution < -0.4 is 5.73 Å². The predicted molar refractivity (Wildman–Crippen MR) is 75.8 cm³/mol. The zero-order valence-corrected chi connectivity index (χ0v) is 12.1. The first-order chi connectivity index (χ1) is 9.22. The first kappa shape index (κ1) is 14.8. The normalized spacial score (nSPS) is 28.5. The van der Waals surface area contributed by atoms with Crippen molar-refractivity contribution in [2.45, 2.75) is 64.0 Å². The number of amides is 1. The minimum absolute atomic E-state index is 0.0784. The third-order valence-corrected chi connectivity index (χ3v) is 4.45. The molecule has 0 bridgehead atoms. The van der Waals surface area contributed by atoms with Crippen LogP contribution in [0.4, 0.5) is 0 Å². The molecule has 2 rings (SSSR count). The van der Waals surface area contributed by atoms with E-state index in [9.17, 15) is 4.79 Å². The van der Waals surface area contributed by atoms with Gasteiger partial charge in [0.15, 0.2) is 0 Å². The molecule has 0 aromatic rings. The van der Waals surface area contributed by atoms with Crippen molar-refractivity contribution >= 4 is 5.91 Å². The molecular weight excluding hydrogens is 240 g/mol. The largest absolute Gasteiger partial charge is 0.378 e. The number of nitrogens with two attached hydrogens (primary N) is 1. The Kier molecular flexibility index (Phi) is 5.64. The van der Waals surface area contributed by atoms with Crippen LogP contribution in [-0.4, -0.2) is 42.6 Å². The van der Waals surface area contributed by atoms with Gasteiger partial charge in [-0.25, -0.2) is 0 Å². The fourth-order valence-corrected chi connectivity index (χ4v) is 3.35. The first-order valence-electron chi connectivity index (χ1n) is 7.84. The van der Waals surface area contributed by atoms with Crippen molar-refractivity contribution in [1.82, 2.24) is 4.90 Å². The van der Waals surface area contributed by atoms with Crippen LogP contribution in [0.1, 0.15) is 51.9 Å². The van der Waals surface area contributed by atoms with Crippen LogP contribution in [0.2, 0.25) is 0 Å². The fourth-order valence-electron chi connectivity index (χ4n) is 3.35. The van der Waals surface area contributed by atoms with Crippen LogP contribution >= 0.6 is 0 Å². The van der Waals surface area contributed by atoms with Crippen LogP contribution in [0, 0.1) is 5.92 Å². The van der Waals surface area contributed by atoms with Crippen LogP contribution in [-0.2, 0) is 9.53 Å². The second-order valence-electron chi connectivity index (χ2n) is 6.04. The number of hydrogen-bond donors (Lipinski definition) is 1. The van der Waals surface area contributed by atoms with Crippen molar-refractivity contribution in [2.75, 3.05) is 19.7 Å². The maximum atomic E-state index is 12.7. The molecule has 2 fully saturated rings. The van der Waals surface area contributed by atoms with Crippen molar-refractivity contribution < 1.29 is 9.53 Å². The van der Waals surface area contributed by atoms with E-state index in [4.69, 9.17) is 10.5 Å². The zero-order chi connectivity index (χ0) is 13.7. The standard InChI is InChI=1S/C15H28N2O2/c1-12-10-13(11-19-12)15(18)17(9-5-8-16)14-6-3-2-4-7-14/h12-14H,2-11,16H2,1H3. The minimum atomic E-state index is 0.0784. The molecular formula is C15H28N2O2. The van der Waals surface area contributed by atoms with Gasteiger partial charge in [0, 0.05) is 12.6 Å². The second kappa shape index (κ2) is 7.25. The third kappa shape index (κ3) is 3.93. The summed E-state index contributed by atoms with van der Waals surface area (Å²) in [5.41, 5.74) is 5.62. The molecule has 0 aromatic carbocycles. The highest BCUT2D eigenvalue weighted by atomic mass is 16.5. The molecule has 1 aliphatic heterocycles. The number of rotatable bonds is 5. The summed E-state index contributed by atoms with van der Waals surface area (Å²) < 4.78 is 5.56. The third-order valence-electron chi connectivity index (χ3n) is 4.45. The lowest BCUT2D eigenvalue weighted by atomic mass is 9.92. The first-order valence-corrected chi connectivity index (χ1v) is 7.84. The van der Waals surface area contributed by atoms with Crippen LogP contribution in [0.3, 0.4) is 0 Å². The van der Waals surface area contributed by atoms with E-state index in [1.165, 1.54) is 32.1 Å². The number of hydrogen-bond acceptors (Lipinski definition) is 3. The molecule has 19 heavy (non-hydrogen) atoms. The van der Waals surface area contributed by atoms with Crippen LogP contribution in [0.15, 0.2) is 0 Å². The lowest BCUT2D eigenvalue weighted by molar-refractivity contribution is -0.138. The van der Waals surface area contributed by atoms with Gasteiger partial charge >= 0.3 is 0 Å². The summed E-state index contributed by atoms with van der Waals surface area (Å²) in [6.45, 7) is 4.14. The Bertz CT molecular complexity index is 290. The molecule has 2 atom stereocenters. The molecule has 4 nitrogen and oxygen atoms in total. The van der Waals surface area contributed by atoms with E-state index < -0.39 is 0 Å². The lowest BCUT2D eigenvalue weighted by Crippen LogP contribution is -2.45. The van der Waals surface area contributed by atoms with E-state index in [1.807, 2.05) is 0 Å². The molecule has 1 aliphatic carbocycles. The maximum Gasteiger partial charge on any atom is 0.228 e. The van der Waals surface area contributed by atoms with Gasteiger partial charge in [0.1, 0.15) is 0 Å². The van der Waals surface area contributed by atoms with Crippen molar-refractivity contribution in [3.63, 3.8) is 0 Å². The molecule has 0 spiro atoms. The molecule has 1 saturated carbocycles. The number of ether oxygens (including phenoxy) is 1. The summed E-state index contributed by atoms with van der Waals surface area (Å²) in [4.78, 5) is 14.8. The summed E-state index contributed by atoms with van der Waals surface area (Å²) in [5.74, 6) is 0.388. The van der Waals surface area contributed by atoms with Gasteiger partial charge in [0.2, 0.25) is 5.91 Å². The van der Waals surface area contributed by atoms with E-state index >= 15 is 0 Å². The fraction of sp³-hybridized carbons (Fsp3) is 0.933. The Hall–Kier alpha value is -0.610. The predicted octanol–water partition coefficient (Wildman–Crippen LogP) is 1.92. The molecule has 1 amide bonds. The second-order valence-corrected chi connectivity index (χ2v) is 6.04. The van der Waals surface area contributed by atoms with Gasteiger partial charge in [-0.3, -0.25) is 4.79 Å². The Morgan fingerprint density at radius 3 is 2.63 bits per heavy atom. The highest BCUT2D eigenvalue weighted by Gasteiger charge is 2.34. The summed E-state index contributed by atoms with van der Waals surface area (Å²) >= 11 is 0. The molecule has 0 radical (unpaired) electrons. The summed E-state index contributed by atoms with van der Waals surface area (Å²) in [7, 11) is 0. The molecule has 1 saturated heterocycles. The Morgan fingerprint density at radius 2 is 2.05 bits per heavy atom. The summed E-state index contributed by atoms with van der Waals surface area (Å²) in [6, 6.07) is 0.448. The van der Waals surface area contributed by atoms with Gasteiger partial charge in [-0.15, -0.1) is 0 Å². The van der Waals surface area contributed by atoms with Gasteiger partial charge in [-0.05, 0) is 39.2 Å². The van der Waals surface area contributed by atoms with Crippen LogP contribution in [0.5, 0.6) is 0 Å². The van der Waals surface area contributed by atoms with Gasteiger partial charge in [-0.2, -0.15) is 0 Å². The average molecular weight is 268 g/mol. The summed E-state index contributed by atoms with van der Waals surface area (Å²) in [5, 5.41) is 0. The molecule has 2 N–H and O–H groups in total. The minimum Gasteiger partial charge on any atom is -0.378 e. The topological polar surface area (TPSA) is 55.6 Å². The molecule has 2 aliphatic rings. The van der Waals surface area contributed by atoms with Crippen molar-refractivity contribution in [2.24, 2.45) is 11.7 Å². The monoisotopic (exact) mass is 268 g/mol. The maximum absolute atomic E-state index is 12.7. The highest BCUT2D eigenvalue weighted by molar-refractivity contribution is 5.79. The highest BCUT2D eigenvalue weighted by Crippen LogP contribution is 2.27. The smallest absolute Gasteiger partial charge is 0.228 e. The van der Waals surface area contributed by atoms with Gasteiger partial charge < -0.3 is 15.4 Å². The molecule has 110 valence electrons. The van der Waals surface area contributed by atoms with E-state index in [0.29, 0.717) is 25.1 Å². The zero-order valence-electron chi connectivity index (χ0n) is 12.1. The molecule has 1 heterocycles. The van der Waals surface area contributed by atoms with Gasteiger partial charge in [0.25, 0.3) is 0 Å². The quantitative estimate of drug-likeness (QED) is 0.829. The van der Waals surface area contributed by atoms with Gasteiger partial charge in [-0.1, -0.05) is 19.3 Å². The SMILES string of the molecule is CC1CC(C(=O)N(CCCN)C2CCCCC2)CO1. The summed E-state index contributed by atoms with van der Waals surface area (Å²) in [6.07, 6.45) is 8.19. The van der Waals surface area contributed by atoms with E-state index in [2.05, 4.69) is 11.8 Å². The van der Waals surface area contributed by atoms with E-state index in [0.717, 1.165) is 19.4 Å². The molecule has 0 aromatic heterocycles.